The zero-order valence-corrected chi connectivity index (χ0v) is 26.7. The molecule has 0 aliphatic rings. The Morgan fingerprint density at radius 2 is 1.13 bits per heavy atom. The van der Waals surface area contributed by atoms with Crippen molar-refractivity contribution in [1.82, 2.24) is 0 Å². The van der Waals surface area contributed by atoms with Gasteiger partial charge in [-0.05, 0) is 6.42 Å². The Morgan fingerprint density at radius 3 is 1.54 bits per heavy atom. The van der Waals surface area contributed by atoms with E-state index in [0.717, 1.165) is 19.3 Å². The second kappa shape index (κ2) is 25.2. The molecule has 0 rings (SSSR count). The van der Waals surface area contributed by atoms with Crippen molar-refractivity contribution in [3.63, 3.8) is 0 Å². The molecule has 1 unspecified atom stereocenters. The number of hydrogen-bond acceptors (Lipinski definition) is 7. The molecule has 39 heavy (non-hydrogen) atoms. The normalized spacial score (nSPS) is 14.3. The van der Waals surface area contributed by atoms with Gasteiger partial charge in [-0.3, -0.25) is 9.36 Å². The molecule has 0 fully saturated rings. The van der Waals surface area contributed by atoms with Gasteiger partial charge >= 0.3 is 5.97 Å². The van der Waals surface area contributed by atoms with Crippen LogP contribution in [0.3, 0.4) is 0 Å². The van der Waals surface area contributed by atoms with E-state index >= 15 is 0 Å². The minimum Gasteiger partial charge on any atom is -0.756 e. The zero-order valence-electron chi connectivity index (χ0n) is 25.8. The number of ether oxygens (including phenoxy) is 1. The van der Waals surface area contributed by atoms with Gasteiger partial charge in [-0.2, -0.15) is 0 Å². The van der Waals surface area contributed by atoms with Crippen LogP contribution in [0, 0.1) is 0 Å². The first-order valence-electron chi connectivity index (χ1n) is 15.8. The van der Waals surface area contributed by atoms with Crippen molar-refractivity contribution in [2.75, 3.05) is 47.5 Å². The Hall–Kier alpha value is -0.500. The van der Waals surface area contributed by atoms with E-state index in [1.807, 2.05) is 21.1 Å². The van der Waals surface area contributed by atoms with E-state index in [1.165, 1.54) is 103 Å². The maximum Gasteiger partial charge on any atom is 0.305 e. The third-order valence-electron chi connectivity index (χ3n) is 6.86. The van der Waals surface area contributed by atoms with Crippen molar-refractivity contribution < 1.29 is 37.6 Å². The van der Waals surface area contributed by atoms with Gasteiger partial charge < -0.3 is 28.3 Å². The average Bonchev–Trinajstić information content (AvgIpc) is 2.86. The minimum absolute atomic E-state index is 0.00516. The Balaban J connectivity index is 3.45. The van der Waals surface area contributed by atoms with Gasteiger partial charge in [0.1, 0.15) is 25.9 Å². The van der Waals surface area contributed by atoms with E-state index in [1.54, 1.807) is 0 Å². The molecule has 0 aromatic heterocycles. The first kappa shape index (κ1) is 38.5. The van der Waals surface area contributed by atoms with Gasteiger partial charge in [0.2, 0.25) is 0 Å². The summed E-state index contributed by atoms with van der Waals surface area (Å²) in [6.45, 7) is 1.96. The van der Waals surface area contributed by atoms with E-state index < -0.39 is 20.5 Å². The van der Waals surface area contributed by atoms with E-state index in [0.29, 0.717) is 17.4 Å². The lowest BCUT2D eigenvalue weighted by molar-refractivity contribution is -0.870. The molecule has 0 saturated carbocycles. The third kappa shape index (κ3) is 30.3. The van der Waals surface area contributed by atoms with Crippen LogP contribution in [0.5, 0.6) is 0 Å². The quantitative estimate of drug-likeness (QED) is 0.0444. The molecule has 0 aromatic rings. The summed E-state index contributed by atoms with van der Waals surface area (Å²) >= 11 is 0. The smallest absolute Gasteiger partial charge is 0.305 e. The molecule has 0 heterocycles. The minimum atomic E-state index is -4.49. The molecule has 0 amide bonds. The van der Waals surface area contributed by atoms with Crippen LogP contribution in [0.2, 0.25) is 0 Å². The van der Waals surface area contributed by atoms with Gasteiger partial charge in [-0.25, -0.2) is 0 Å². The summed E-state index contributed by atoms with van der Waals surface area (Å²) in [5, 5.41) is 9.83. The molecule has 0 saturated heterocycles. The monoisotopic (exact) mass is 579 g/mol. The standard InChI is InChI=1S/C30H62NO7P/c1-5-6-7-8-9-10-11-12-13-14-15-16-17-18-19-20-21-22-23-24-30(33)36-27-29(32)28-38-39(34,35)37-26-25-31(2,3)4/h29,32H,5-28H2,1-4H3/t29-/m1/s1. The number of carbonyl (C=O) groups excluding carboxylic acids is 1. The van der Waals surface area contributed by atoms with Crippen LogP contribution in [0.15, 0.2) is 0 Å². The second-order valence-corrected chi connectivity index (χ2v) is 13.5. The van der Waals surface area contributed by atoms with E-state index in [-0.39, 0.29) is 19.2 Å². The maximum atomic E-state index is 11.8. The highest BCUT2D eigenvalue weighted by molar-refractivity contribution is 7.45. The van der Waals surface area contributed by atoms with E-state index in [9.17, 15) is 19.4 Å². The highest BCUT2D eigenvalue weighted by Gasteiger charge is 2.16. The molecule has 9 heteroatoms. The molecule has 8 nitrogen and oxygen atoms in total. The van der Waals surface area contributed by atoms with Crippen molar-refractivity contribution in [2.45, 2.75) is 141 Å². The molecule has 0 aliphatic carbocycles. The molecule has 0 radical (unpaired) electrons. The summed E-state index contributed by atoms with van der Waals surface area (Å²) < 4.78 is 26.7. The molecule has 2 atom stereocenters. The molecule has 0 spiro atoms. The van der Waals surface area contributed by atoms with Gasteiger partial charge in [-0.15, -0.1) is 0 Å². The van der Waals surface area contributed by atoms with Gasteiger partial charge in [0, 0.05) is 6.42 Å². The van der Waals surface area contributed by atoms with Crippen LogP contribution in [-0.4, -0.2) is 69.2 Å². The largest absolute Gasteiger partial charge is 0.756 e. The second-order valence-electron chi connectivity index (χ2n) is 12.0. The third-order valence-corrected chi connectivity index (χ3v) is 7.82. The van der Waals surface area contributed by atoms with Crippen molar-refractivity contribution in [3.05, 3.63) is 0 Å². The predicted molar refractivity (Wildman–Crippen MR) is 157 cm³/mol. The number of phosphoric ester groups is 1. The number of hydrogen-bond donors (Lipinski definition) is 1. The van der Waals surface area contributed by atoms with E-state index in [2.05, 4.69) is 11.4 Å². The van der Waals surface area contributed by atoms with Crippen molar-refractivity contribution in [1.29, 1.82) is 0 Å². The zero-order chi connectivity index (χ0) is 29.2. The number of carbonyl (C=O) groups is 1. The van der Waals surface area contributed by atoms with Crippen LogP contribution in [-0.2, 0) is 23.1 Å². The van der Waals surface area contributed by atoms with Crippen LogP contribution in [0.4, 0.5) is 0 Å². The first-order valence-corrected chi connectivity index (χ1v) is 17.3. The number of esters is 1. The highest BCUT2D eigenvalue weighted by atomic mass is 31.2. The number of likely N-dealkylation sites (N-methyl/N-ethyl adjacent to an activating group) is 1. The fourth-order valence-electron chi connectivity index (χ4n) is 4.30. The number of quaternary nitrogens is 1. The fraction of sp³-hybridized carbons (Fsp3) is 0.967. The first-order chi connectivity index (χ1) is 18.6. The van der Waals surface area contributed by atoms with Gasteiger partial charge in [0.25, 0.3) is 7.82 Å². The van der Waals surface area contributed by atoms with Crippen molar-refractivity contribution in [3.8, 4) is 0 Å². The number of unbranched alkanes of at least 4 members (excludes halogenated alkanes) is 18. The number of aliphatic hydroxyl groups excluding tert-OH is 1. The molecular formula is C30H62NO7P. The Bertz CT molecular complexity index is 613. The highest BCUT2D eigenvalue weighted by Crippen LogP contribution is 2.38. The molecule has 0 aromatic carbocycles. The number of phosphoric acid groups is 1. The molecule has 1 N–H and O–H groups in total. The van der Waals surface area contributed by atoms with Crippen molar-refractivity contribution in [2.24, 2.45) is 0 Å². The summed E-state index contributed by atoms with van der Waals surface area (Å²) in [6.07, 6.45) is 23.8. The van der Waals surface area contributed by atoms with Gasteiger partial charge in [0.05, 0.1) is 27.7 Å². The molecule has 0 bridgehead atoms. The summed E-state index contributed by atoms with van der Waals surface area (Å²) in [6, 6.07) is 0. The number of nitrogens with zero attached hydrogens (tertiary/aromatic N) is 1. The van der Waals surface area contributed by atoms with Crippen LogP contribution < -0.4 is 4.89 Å². The lowest BCUT2D eigenvalue weighted by Gasteiger charge is -2.27. The summed E-state index contributed by atoms with van der Waals surface area (Å²) in [7, 11) is 1.26. The van der Waals surface area contributed by atoms with Crippen LogP contribution in [0.1, 0.15) is 135 Å². The lowest BCUT2D eigenvalue weighted by Crippen LogP contribution is -2.37. The van der Waals surface area contributed by atoms with E-state index in [4.69, 9.17) is 9.26 Å². The Kier molecular flexibility index (Phi) is 24.9. The molecular weight excluding hydrogens is 517 g/mol. The maximum absolute atomic E-state index is 11.8. The van der Waals surface area contributed by atoms with Crippen LogP contribution >= 0.6 is 7.82 Å². The topological polar surface area (TPSA) is 105 Å². The van der Waals surface area contributed by atoms with Crippen LogP contribution in [0.25, 0.3) is 0 Å². The number of rotatable bonds is 29. The summed E-state index contributed by atoms with van der Waals surface area (Å²) in [4.78, 5) is 23.6. The van der Waals surface area contributed by atoms with Gasteiger partial charge in [0.15, 0.2) is 0 Å². The SMILES string of the molecule is CCCCCCCCCCCCCCCCCCCCCC(=O)OC[C@@H](O)COP(=O)([O-])OCC[N+](C)(C)C. The Labute approximate surface area is 240 Å². The Morgan fingerprint density at radius 1 is 0.718 bits per heavy atom. The number of aliphatic hydroxyl groups is 1. The molecule has 234 valence electrons. The van der Waals surface area contributed by atoms with Gasteiger partial charge in [-0.1, -0.05) is 122 Å². The lowest BCUT2D eigenvalue weighted by atomic mass is 10.0. The van der Waals surface area contributed by atoms with Crippen molar-refractivity contribution >= 4 is 13.8 Å². The average molecular weight is 580 g/mol. The summed E-state index contributed by atoms with van der Waals surface area (Å²) in [5.41, 5.74) is 0. The molecule has 0 aliphatic heterocycles. The fourth-order valence-corrected chi connectivity index (χ4v) is 5.03. The predicted octanol–water partition coefficient (Wildman–Crippen LogP) is 6.92. The summed E-state index contributed by atoms with van der Waals surface area (Å²) in [5.74, 6) is -0.384.